The van der Waals surface area contributed by atoms with Crippen LogP contribution in [-0.4, -0.2) is 41.7 Å². The van der Waals surface area contributed by atoms with Crippen LogP contribution in [0.4, 0.5) is 23.2 Å². The number of ether oxygens (including phenoxy) is 2. The van der Waals surface area contributed by atoms with E-state index in [1.165, 1.54) is 30.5 Å². The molecule has 3 fully saturated rings. The van der Waals surface area contributed by atoms with E-state index in [0.717, 1.165) is 6.07 Å². The zero-order valence-corrected chi connectivity index (χ0v) is 17.7. The summed E-state index contributed by atoms with van der Waals surface area (Å²) in [6.45, 7) is -1.76. The van der Waals surface area contributed by atoms with Gasteiger partial charge in [0, 0.05) is 17.7 Å². The molecule has 33 heavy (non-hydrogen) atoms. The Morgan fingerprint density at radius 3 is 2.45 bits per heavy atom. The Morgan fingerprint density at radius 1 is 1.12 bits per heavy atom. The molecular formula is C21H18ClF4N3O4. The molecule has 176 valence electrons. The van der Waals surface area contributed by atoms with Gasteiger partial charge in [0.15, 0.2) is 13.2 Å². The van der Waals surface area contributed by atoms with Crippen LogP contribution < -0.4 is 20.1 Å². The van der Waals surface area contributed by atoms with Crippen LogP contribution >= 0.6 is 11.6 Å². The van der Waals surface area contributed by atoms with E-state index in [-0.39, 0.29) is 29.2 Å². The Hall–Kier alpha value is -3.08. The quantitative estimate of drug-likeness (QED) is 0.552. The van der Waals surface area contributed by atoms with Crippen molar-refractivity contribution in [3.63, 3.8) is 0 Å². The Morgan fingerprint density at radius 2 is 1.85 bits per heavy atom. The van der Waals surface area contributed by atoms with Crippen molar-refractivity contribution in [1.82, 2.24) is 10.3 Å². The van der Waals surface area contributed by atoms with Crippen molar-refractivity contribution in [3.05, 3.63) is 47.4 Å². The molecule has 0 radical (unpaired) electrons. The van der Waals surface area contributed by atoms with Crippen LogP contribution in [0.1, 0.15) is 19.3 Å². The van der Waals surface area contributed by atoms with Crippen LogP contribution in [0.2, 0.25) is 5.02 Å². The van der Waals surface area contributed by atoms with Gasteiger partial charge in [-0.3, -0.25) is 9.59 Å². The lowest BCUT2D eigenvalue weighted by Gasteiger charge is -2.69. The third kappa shape index (κ3) is 5.13. The summed E-state index contributed by atoms with van der Waals surface area (Å²) in [5.41, 5.74) is -0.763. The molecule has 7 nitrogen and oxygen atoms in total. The number of anilines is 1. The molecule has 3 saturated carbocycles. The normalized spacial score (nSPS) is 23.1. The Balaban J connectivity index is 1.21. The van der Waals surface area contributed by atoms with Gasteiger partial charge in [0.05, 0.1) is 22.3 Å². The molecule has 0 saturated heterocycles. The summed E-state index contributed by atoms with van der Waals surface area (Å²) in [4.78, 5) is 28.5. The monoisotopic (exact) mass is 487 g/mol. The molecule has 5 rings (SSSR count). The van der Waals surface area contributed by atoms with E-state index in [1.54, 1.807) is 0 Å². The van der Waals surface area contributed by atoms with Crippen molar-refractivity contribution in [3.8, 4) is 11.6 Å². The maximum Gasteiger partial charge on any atom is 0.422 e. The number of amides is 2. The number of nitrogens with one attached hydrogen (secondary N) is 2. The molecule has 2 amide bonds. The Bertz CT molecular complexity index is 1060. The van der Waals surface area contributed by atoms with Crippen molar-refractivity contribution in [2.75, 3.05) is 18.5 Å². The first-order valence-electron chi connectivity index (χ1n) is 9.84. The number of pyridine rings is 1. The molecule has 3 aliphatic carbocycles. The fourth-order valence-electron chi connectivity index (χ4n) is 4.17. The number of carbonyl (C=O) groups is 2. The predicted molar refractivity (Wildman–Crippen MR) is 108 cm³/mol. The first-order valence-corrected chi connectivity index (χ1v) is 10.2. The Labute approximate surface area is 190 Å². The van der Waals surface area contributed by atoms with Crippen molar-refractivity contribution < 1.29 is 36.6 Å². The van der Waals surface area contributed by atoms with Crippen molar-refractivity contribution in [2.24, 2.45) is 5.41 Å². The van der Waals surface area contributed by atoms with Crippen LogP contribution in [0.5, 0.6) is 11.6 Å². The van der Waals surface area contributed by atoms with Crippen LogP contribution in [0.3, 0.4) is 0 Å². The van der Waals surface area contributed by atoms with Gasteiger partial charge in [-0.2, -0.15) is 13.2 Å². The number of hydrogen-bond donors (Lipinski definition) is 2. The molecule has 1 aromatic heterocycles. The summed E-state index contributed by atoms with van der Waals surface area (Å²) in [6, 6.07) is 6.49. The second-order valence-electron chi connectivity index (χ2n) is 8.25. The van der Waals surface area contributed by atoms with E-state index in [4.69, 9.17) is 16.3 Å². The summed E-state index contributed by atoms with van der Waals surface area (Å²) < 4.78 is 59.7. The minimum absolute atomic E-state index is 0.0502. The highest BCUT2D eigenvalue weighted by atomic mass is 35.5. The summed E-state index contributed by atoms with van der Waals surface area (Å²) in [5, 5.41) is 5.48. The Kier molecular flexibility index (Phi) is 5.85. The minimum atomic E-state index is -4.47. The second kappa shape index (κ2) is 8.36. The van der Waals surface area contributed by atoms with Crippen LogP contribution in [0, 0.1) is 11.2 Å². The summed E-state index contributed by atoms with van der Waals surface area (Å²) >= 11 is 5.60. The van der Waals surface area contributed by atoms with Gasteiger partial charge >= 0.3 is 6.18 Å². The number of alkyl halides is 3. The lowest BCUT2D eigenvalue weighted by atomic mass is 9.39. The molecule has 2 aromatic rings. The number of hydrogen-bond acceptors (Lipinski definition) is 5. The zero-order chi connectivity index (χ0) is 23.9. The van der Waals surface area contributed by atoms with E-state index < -0.39 is 35.5 Å². The van der Waals surface area contributed by atoms with E-state index in [1.807, 2.05) is 0 Å². The van der Waals surface area contributed by atoms with Crippen molar-refractivity contribution in [1.29, 1.82) is 0 Å². The van der Waals surface area contributed by atoms with Gasteiger partial charge in [-0.05, 0) is 37.5 Å². The van der Waals surface area contributed by atoms with Gasteiger partial charge in [0.1, 0.15) is 11.6 Å². The van der Waals surface area contributed by atoms with Crippen molar-refractivity contribution in [2.45, 2.75) is 31.0 Å². The van der Waals surface area contributed by atoms with Crippen LogP contribution in [-0.2, 0) is 9.59 Å². The van der Waals surface area contributed by atoms with Gasteiger partial charge in [-0.15, -0.1) is 0 Å². The molecule has 0 spiro atoms. The highest BCUT2D eigenvalue weighted by molar-refractivity contribution is 6.30. The van der Waals surface area contributed by atoms with E-state index in [2.05, 4.69) is 20.4 Å². The summed E-state index contributed by atoms with van der Waals surface area (Å²) in [6.07, 6.45) is -1.90. The number of nitrogens with zero attached hydrogens (tertiary/aromatic N) is 1. The molecular weight excluding hydrogens is 470 g/mol. The third-order valence-electron chi connectivity index (χ3n) is 5.56. The van der Waals surface area contributed by atoms with Gasteiger partial charge in [0.25, 0.3) is 5.91 Å². The fourth-order valence-corrected chi connectivity index (χ4v) is 4.29. The van der Waals surface area contributed by atoms with Crippen molar-refractivity contribution >= 4 is 29.1 Å². The first kappa shape index (κ1) is 23.1. The van der Waals surface area contributed by atoms with E-state index >= 15 is 0 Å². The van der Waals surface area contributed by atoms with Gasteiger partial charge < -0.3 is 20.1 Å². The van der Waals surface area contributed by atoms with E-state index in [9.17, 15) is 27.2 Å². The minimum Gasteiger partial charge on any atom is -0.484 e. The molecule has 2 N–H and O–H groups in total. The molecule has 0 unspecified atom stereocenters. The van der Waals surface area contributed by atoms with Crippen LogP contribution in [0.25, 0.3) is 0 Å². The SMILES string of the molecule is O=C(COc1ccc(Cl)c(F)c1)NC12CC(C(=O)Nc3ccc(OCC(F)(F)F)nc3)(C1)C2. The average Bonchev–Trinajstić information content (AvgIpc) is 2.69. The lowest BCUT2D eigenvalue weighted by Crippen LogP contribution is -2.78. The average molecular weight is 488 g/mol. The summed E-state index contributed by atoms with van der Waals surface area (Å²) in [5.74, 6) is -1.33. The van der Waals surface area contributed by atoms with Crippen LogP contribution in [0.15, 0.2) is 36.5 Å². The number of halogens is 5. The zero-order valence-electron chi connectivity index (χ0n) is 17.0. The molecule has 2 bridgehead atoms. The number of aromatic nitrogens is 1. The molecule has 1 aromatic carbocycles. The fraction of sp³-hybridized carbons (Fsp3) is 0.381. The number of rotatable bonds is 8. The van der Waals surface area contributed by atoms with Gasteiger partial charge in [-0.25, -0.2) is 9.37 Å². The first-order chi connectivity index (χ1) is 15.5. The number of carbonyl (C=O) groups excluding carboxylic acids is 2. The largest absolute Gasteiger partial charge is 0.484 e. The lowest BCUT2D eigenvalue weighted by molar-refractivity contribution is -0.179. The summed E-state index contributed by atoms with van der Waals surface area (Å²) in [7, 11) is 0. The number of benzene rings is 1. The molecule has 1 heterocycles. The topological polar surface area (TPSA) is 89.5 Å². The molecule has 0 atom stereocenters. The molecule has 3 aliphatic rings. The molecule has 0 aliphatic heterocycles. The second-order valence-corrected chi connectivity index (χ2v) is 8.65. The third-order valence-corrected chi connectivity index (χ3v) is 5.86. The standard InChI is InChI=1S/C21H18ClF4N3O4/c22-14-3-2-13(5-15(14)23)32-7-16(30)29-20-8-19(9-20,10-20)18(31)28-12-1-4-17(27-6-12)33-11-21(24,25)26/h1-6H,7-11H2,(H,28,31)(H,29,30). The maximum atomic E-state index is 13.4. The van der Waals surface area contributed by atoms with Gasteiger partial charge in [-0.1, -0.05) is 11.6 Å². The predicted octanol–water partition coefficient (Wildman–Crippen LogP) is 3.87. The van der Waals surface area contributed by atoms with Gasteiger partial charge in [0.2, 0.25) is 11.8 Å². The highest BCUT2D eigenvalue weighted by Crippen LogP contribution is 2.67. The molecule has 12 heteroatoms. The van der Waals surface area contributed by atoms with E-state index in [0.29, 0.717) is 24.9 Å². The highest BCUT2D eigenvalue weighted by Gasteiger charge is 2.72. The smallest absolute Gasteiger partial charge is 0.422 e. The maximum absolute atomic E-state index is 13.4.